The van der Waals surface area contributed by atoms with Crippen LogP contribution in [0.2, 0.25) is 5.02 Å². The van der Waals surface area contributed by atoms with E-state index in [4.69, 9.17) is 41.3 Å². The zero-order chi connectivity index (χ0) is 24.1. The number of nitrogens with zero attached hydrogens (tertiary/aromatic N) is 3. The number of hydrogen-bond donors (Lipinski definition) is 3. The number of amides is 1. The molecular weight excluding hydrogens is 478 g/mol. The Kier molecular flexibility index (Phi) is 5.72. The molecule has 6 rings (SSSR count). The lowest BCUT2D eigenvalue weighted by Crippen LogP contribution is -2.34. The zero-order valence-electron chi connectivity index (χ0n) is 18.6. The highest BCUT2D eigenvalue weighted by Gasteiger charge is 2.48. The number of H-pyrrole nitrogens is 1. The van der Waals surface area contributed by atoms with Gasteiger partial charge in [0.15, 0.2) is 18.4 Å². The highest BCUT2D eigenvalue weighted by atomic mass is 35.5. The molecule has 11 nitrogen and oxygen atoms in total. The molecule has 4 N–H and O–H groups in total. The Balaban J connectivity index is 1.17. The molecule has 0 saturated carbocycles. The monoisotopic (exact) mass is 501 g/mol. The topological polar surface area (TPSA) is 155 Å². The Morgan fingerprint density at radius 2 is 2.11 bits per heavy atom. The van der Waals surface area contributed by atoms with Crippen LogP contribution >= 0.6 is 11.6 Å². The van der Waals surface area contributed by atoms with E-state index in [0.29, 0.717) is 41.0 Å². The number of hydrogen-bond acceptors (Lipinski definition) is 9. The average Bonchev–Trinajstić information content (AvgIpc) is 3.59. The zero-order valence-corrected chi connectivity index (χ0v) is 19.4. The molecule has 2 saturated heterocycles. The second kappa shape index (κ2) is 8.90. The second-order valence-corrected chi connectivity index (χ2v) is 9.47. The maximum absolute atomic E-state index is 11.0. The third-order valence-electron chi connectivity index (χ3n) is 6.67. The first kappa shape index (κ1) is 22.5. The number of carbonyl (C=O) groups is 1. The summed E-state index contributed by atoms with van der Waals surface area (Å²) in [6, 6.07) is 4.01. The number of aliphatic hydroxyl groups excluding tert-OH is 1. The molecule has 0 radical (unpaired) electrons. The van der Waals surface area contributed by atoms with E-state index < -0.39 is 12.0 Å². The fraction of sp³-hybridized carbons (Fsp3) is 0.478. The number of nitrogens with two attached hydrogens (primary N) is 1. The quantitative estimate of drug-likeness (QED) is 0.430. The van der Waals surface area contributed by atoms with Crippen LogP contribution in [0.25, 0.3) is 11.2 Å². The van der Waals surface area contributed by atoms with E-state index in [9.17, 15) is 9.90 Å². The first-order chi connectivity index (χ1) is 16.9. The summed E-state index contributed by atoms with van der Waals surface area (Å²) in [7, 11) is 0. The van der Waals surface area contributed by atoms with Crippen molar-refractivity contribution in [1.29, 1.82) is 0 Å². The molecule has 3 aromatic rings. The van der Waals surface area contributed by atoms with Crippen LogP contribution in [0.15, 0.2) is 18.3 Å². The van der Waals surface area contributed by atoms with E-state index in [0.717, 1.165) is 29.8 Å². The molecule has 0 bridgehead atoms. The van der Waals surface area contributed by atoms with Gasteiger partial charge in [0.05, 0.1) is 35.6 Å². The van der Waals surface area contributed by atoms with Crippen molar-refractivity contribution < 1.29 is 28.8 Å². The molecule has 2 fully saturated rings. The maximum Gasteiger partial charge on any atom is 0.296 e. The summed E-state index contributed by atoms with van der Waals surface area (Å²) in [6.45, 7) is 0.367. The minimum absolute atomic E-state index is 0.158. The Labute approximate surface area is 204 Å². The van der Waals surface area contributed by atoms with Gasteiger partial charge < -0.3 is 34.8 Å². The van der Waals surface area contributed by atoms with Crippen molar-refractivity contribution in [2.45, 2.75) is 49.6 Å². The number of aromatic nitrogens is 4. The van der Waals surface area contributed by atoms with Crippen molar-refractivity contribution in [2.24, 2.45) is 5.73 Å². The first-order valence-corrected chi connectivity index (χ1v) is 11.9. The van der Waals surface area contributed by atoms with Crippen LogP contribution in [0.5, 0.6) is 11.8 Å². The van der Waals surface area contributed by atoms with Crippen LogP contribution in [-0.4, -0.2) is 75.2 Å². The van der Waals surface area contributed by atoms with Gasteiger partial charge in [-0.15, -0.1) is 0 Å². The second-order valence-electron chi connectivity index (χ2n) is 9.06. The lowest BCUT2D eigenvalue weighted by molar-refractivity contribution is -0.119. The molecule has 1 aliphatic carbocycles. The number of imidazole rings is 1. The number of carbonyl (C=O) groups excluding carboxylic acids is 1. The number of aromatic amines is 1. The summed E-state index contributed by atoms with van der Waals surface area (Å²) < 4.78 is 22.6. The highest BCUT2D eigenvalue weighted by molar-refractivity contribution is 6.31. The van der Waals surface area contributed by atoms with Gasteiger partial charge in [-0.3, -0.25) is 9.78 Å². The molecule has 5 heterocycles. The van der Waals surface area contributed by atoms with E-state index in [1.807, 2.05) is 6.07 Å². The standard InChI is InChI=1S/C23H24ClN5O6/c24-13-5-15-22(29-23(28-15)35-17-8-34-20-16(30)7-33-21(17)20)27-14(13)4-11-2-1-10-3-12(6-26-19(10)11)32-9-18(25)31/h3,5-6,11,16-17,20-21,30H,1-2,4,7-9H2,(H2,25,31)(H,27,28,29)/t11?,16-,17-,20-,21-/m1/s1. The number of aryl methyl sites for hydroxylation is 1. The van der Waals surface area contributed by atoms with Crippen molar-refractivity contribution in [3.63, 3.8) is 0 Å². The summed E-state index contributed by atoms with van der Waals surface area (Å²) in [6.07, 6.45) is 2.26. The summed E-state index contributed by atoms with van der Waals surface area (Å²) in [5, 5.41) is 10.4. The van der Waals surface area contributed by atoms with Crippen LogP contribution in [-0.2, 0) is 27.1 Å². The molecule has 1 amide bonds. The summed E-state index contributed by atoms with van der Waals surface area (Å²) in [5.74, 6) is 0.157. The van der Waals surface area contributed by atoms with E-state index >= 15 is 0 Å². The van der Waals surface area contributed by atoms with Crippen molar-refractivity contribution in [1.82, 2.24) is 19.9 Å². The number of primary amides is 1. The van der Waals surface area contributed by atoms with Gasteiger partial charge in [0.1, 0.15) is 24.1 Å². The van der Waals surface area contributed by atoms with Crippen LogP contribution in [0.3, 0.4) is 0 Å². The maximum atomic E-state index is 11.0. The van der Waals surface area contributed by atoms with E-state index in [1.54, 1.807) is 12.3 Å². The molecular formula is C23H24ClN5O6. The van der Waals surface area contributed by atoms with Gasteiger partial charge in [0.25, 0.3) is 11.9 Å². The Morgan fingerprint density at radius 1 is 1.26 bits per heavy atom. The third kappa shape index (κ3) is 4.29. The fourth-order valence-electron chi connectivity index (χ4n) is 5.02. The molecule has 184 valence electrons. The fourth-order valence-corrected chi connectivity index (χ4v) is 5.25. The van der Waals surface area contributed by atoms with E-state index in [2.05, 4.69) is 15.0 Å². The molecule has 0 aromatic carbocycles. The van der Waals surface area contributed by atoms with Gasteiger partial charge in [-0.2, -0.15) is 4.98 Å². The minimum Gasteiger partial charge on any atom is -0.482 e. The lowest BCUT2D eigenvalue weighted by Gasteiger charge is -2.15. The summed E-state index contributed by atoms with van der Waals surface area (Å²) >= 11 is 6.57. The number of fused-ring (bicyclic) bond motifs is 3. The van der Waals surface area contributed by atoms with E-state index in [1.165, 1.54) is 0 Å². The number of nitrogens with one attached hydrogen (secondary N) is 1. The van der Waals surface area contributed by atoms with Gasteiger partial charge in [-0.05, 0) is 37.0 Å². The molecule has 3 aliphatic rings. The van der Waals surface area contributed by atoms with Crippen molar-refractivity contribution in [3.8, 4) is 11.8 Å². The van der Waals surface area contributed by atoms with Gasteiger partial charge in [0, 0.05) is 11.6 Å². The number of aliphatic hydroxyl groups is 1. The number of ether oxygens (including phenoxy) is 4. The Hall–Kier alpha value is -2.99. The van der Waals surface area contributed by atoms with E-state index in [-0.39, 0.29) is 37.4 Å². The first-order valence-electron chi connectivity index (χ1n) is 11.5. The Bertz CT molecular complexity index is 1280. The molecule has 3 aromatic heterocycles. The molecule has 12 heteroatoms. The van der Waals surface area contributed by atoms with Crippen LogP contribution < -0.4 is 15.2 Å². The average molecular weight is 502 g/mol. The van der Waals surface area contributed by atoms with Crippen molar-refractivity contribution in [3.05, 3.63) is 40.3 Å². The van der Waals surface area contributed by atoms with Crippen LogP contribution in [0, 0.1) is 0 Å². The molecule has 1 unspecified atom stereocenters. The normalized spacial score (nSPS) is 27.2. The molecule has 0 spiro atoms. The van der Waals surface area contributed by atoms with Gasteiger partial charge in [-0.25, -0.2) is 4.98 Å². The SMILES string of the molecule is NC(=O)COc1cnc2c(c1)CCC2Cc1nc2nc(O[C@@H]3CO[C@H]4[C@@H]3OC[C@H]4O)[nH]c2cc1Cl. The van der Waals surface area contributed by atoms with Gasteiger partial charge in [0.2, 0.25) is 0 Å². The number of rotatable bonds is 7. The van der Waals surface area contributed by atoms with Gasteiger partial charge >= 0.3 is 0 Å². The van der Waals surface area contributed by atoms with Crippen LogP contribution in [0.1, 0.15) is 29.3 Å². The smallest absolute Gasteiger partial charge is 0.296 e. The largest absolute Gasteiger partial charge is 0.482 e. The number of pyridine rings is 2. The predicted molar refractivity (Wildman–Crippen MR) is 122 cm³/mol. The minimum atomic E-state index is -0.642. The lowest BCUT2D eigenvalue weighted by atomic mass is 10.00. The third-order valence-corrected chi connectivity index (χ3v) is 7.00. The summed E-state index contributed by atoms with van der Waals surface area (Å²) in [5.41, 5.74) is 9.11. The predicted octanol–water partition coefficient (Wildman–Crippen LogP) is 1.05. The van der Waals surface area contributed by atoms with Gasteiger partial charge in [-0.1, -0.05) is 11.6 Å². The summed E-state index contributed by atoms with van der Waals surface area (Å²) in [4.78, 5) is 27.8. The molecule has 5 atom stereocenters. The molecule has 35 heavy (non-hydrogen) atoms. The van der Waals surface area contributed by atoms with Crippen molar-refractivity contribution in [2.75, 3.05) is 19.8 Å². The highest BCUT2D eigenvalue weighted by Crippen LogP contribution is 2.37. The van der Waals surface area contributed by atoms with Crippen molar-refractivity contribution >= 4 is 28.7 Å². The van der Waals surface area contributed by atoms with Crippen LogP contribution in [0.4, 0.5) is 0 Å². The Morgan fingerprint density at radius 3 is 2.97 bits per heavy atom. The number of halogens is 1. The molecule has 2 aliphatic heterocycles.